The van der Waals surface area contributed by atoms with Crippen molar-refractivity contribution in [2.75, 3.05) is 6.54 Å². The highest BCUT2D eigenvalue weighted by Gasteiger charge is 2.30. The molecule has 1 aliphatic rings. The summed E-state index contributed by atoms with van der Waals surface area (Å²) in [7, 11) is 0. The van der Waals surface area contributed by atoms with E-state index in [1.165, 1.54) is 0 Å². The minimum atomic E-state index is -0.373. The molecule has 1 aromatic rings. The molecule has 1 amide bonds. The first-order valence-electron chi connectivity index (χ1n) is 6.19. The van der Waals surface area contributed by atoms with Crippen molar-refractivity contribution in [3.8, 4) is 0 Å². The fraction of sp³-hybridized carbons (Fsp3) is 0.500. The SMILES string of the molecule is C[C@H](C(=O)NC[C@@H](O)C1CC1)c1ccccc1. The highest BCUT2D eigenvalue weighted by molar-refractivity contribution is 5.83. The fourth-order valence-corrected chi connectivity index (χ4v) is 1.90. The molecule has 1 fully saturated rings. The zero-order valence-corrected chi connectivity index (χ0v) is 10.1. The van der Waals surface area contributed by atoms with E-state index >= 15 is 0 Å². The van der Waals surface area contributed by atoms with E-state index < -0.39 is 0 Å². The molecule has 0 heterocycles. The Morgan fingerprint density at radius 3 is 2.65 bits per heavy atom. The van der Waals surface area contributed by atoms with Crippen molar-refractivity contribution in [3.05, 3.63) is 35.9 Å². The molecule has 3 heteroatoms. The third-order valence-electron chi connectivity index (χ3n) is 3.34. The maximum atomic E-state index is 11.9. The second kappa shape index (κ2) is 5.32. The largest absolute Gasteiger partial charge is 0.391 e. The van der Waals surface area contributed by atoms with E-state index in [-0.39, 0.29) is 17.9 Å². The molecule has 0 bridgehead atoms. The summed E-state index contributed by atoms with van der Waals surface area (Å²) >= 11 is 0. The van der Waals surface area contributed by atoms with Gasteiger partial charge in [-0.15, -0.1) is 0 Å². The maximum absolute atomic E-state index is 11.9. The Kier molecular flexibility index (Phi) is 3.79. The number of benzene rings is 1. The fourth-order valence-electron chi connectivity index (χ4n) is 1.90. The predicted molar refractivity (Wildman–Crippen MR) is 66.6 cm³/mol. The van der Waals surface area contributed by atoms with Crippen LogP contribution in [0.25, 0.3) is 0 Å². The molecule has 0 radical (unpaired) electrons. The molecule has 0 aromatic heterocycles. The highest BCUT2D eigenvalue weighted by Crippen LogP contribution is 2.32. The summed E-state index contributed by atoms with van der Waals surface area (Å²) in [6.07, 6.45) is 1.80. The number of aliphatic hydroxyl groups excluding tert-OH is 1. The van der Waals surface area contributed by atoms with Gasteiger partial charge >= 0.3 is 0 Å². The quantitative estimate of drug-likeness (QED) is 0.813. The Hall–Kier alpha value is -1.35. The lowest BCUT2D eigenvalue weighted by Crippen LogP contribution is -2.35. The molecule has 0 aliphatic heterocycles. The standard InChI is InChI=1S/C14H19NO2/c1-10(11-5-3-2-4-6-11)14(17)15-9-13(16)12-7-8-12/h2-6,10,12-13,16H,7-9H2,1H3,(H,15,17)/t10-,13+/m0/s1. The van der Waals surface area contributed by atoms with Crippen LogP contribution in [0.15, 0.2) is 30.3 Å². The average Bonchev–Trinajstić information content (AvgIpc) is 3.20. The summed E-state index contributed by atoms with van der Waals surface area (Å²) in [5.74, 6) is 0.223. The molecule has 0 unspecified atom stereocenters. The summed E-state index contributed by atoms with van der Waals surface area (Å²) < 4.78 is 0. The molecule has 2 N–H and O–H groups in total. The first-order valence-corrected chi connectivity index (χ1v) is 6.19. The minimum absolute atomic E-state index is 0.0177. The van der Waals surface area contributed by atoms with Crippen LogP contribution in [0.2, 0.25) is 0 Å². The van der Waals surface area contributed by atoms with Gasteiger partial charge in [0.15, 0.2) is 0 Å². The van der Waals surface area contributed by atoms with Crippen LogP contribution in [0.5, 0.6) is 0 Å². The van der Waals surface area contributed by atoms with Crippen molar-refractivity contribution < 1.29 is 9.90 Å². The van der Waals surface area contributed by atoms with Crippen LogP contribution in [0, 0.1) is 5.92 Å². The van der Waals surface area contributed by atoms with Crippen molar-refractivity contribution in [3.63, 3.8) is 0 Å². The molecule has 2 atom stereocenters. The first-order chi connectivity index (χ1) is 8.18. The van der Waals surface area contributed by atoms with E-state index in [4.69, 9.17) is 0 Å². The van der Waals surface area contributed by atoms with Gasteiger partial charge in [-0.1, -0.05) is 30.3 Å². The Morgan fingerprint density at radius 2 is 2.06 bits per heavy atom. The lowest BCUT2D eigenvalue weighted by atomic mass is 10.0. The van der Waals surface area contributed by atoms with Gasteiger partial charge in [0.2, 0.25) is 5.91 Å². The Labute approximate surface area is 102 Å². The molecule has 0 spiro atoms. The van der Waals surface area contributed by atoms with Crippen LogP contribution in [0.3, 0.4) is 0 Å². The van der Waals surface area contributed by atoms with Gasteiger partial charge < -0.3 is 10.4 Å². The molecule has 0 saturated heterocycles. The molecule has 1 aliphatic carbocycles. The molecular weight excluding hydrogens is 214 g/mol. The molecule has 17 heavy (non-hydrogen) atoms. The second-order valence-corrected chi connectivity index (χ2v) is 4.78. The van der Waals surface area contributed by atoms with Crippen molar-refractivity contribution in [2.24, 2.45) is 5.92 Å². The van der Waals surface area contributed by atoms with Gasteiger partial charge in [0.25, 0.3) is 0 Å². The van der Waals surface area contributed by atoms with E-state index in [2.05, 4.69) is 5.32 Å². The van der Waals surface area contributed by atoms with E-state index in [0.29, 0.717) is 12.5 Å². The molecule has 2 rings (SSSR count). The van der Waals surface area contributed by atoms with Crippen molar-refractivity contribution in [1.29, 1.82) is 0 Å². The van der Waals surface area contributed by atoms with E-state index in [1.54, 1.807) is 0 Å². The van der Waals surface area contributed by atoms with Crippen molar-refractivity contribution in [2.45, 2.75) is 31.8 Å². The normalized spacial score (nSPS) is 18.5. The summed E-state index contributed by atoms with van der Waals surface area (Å²) in [6, 6.07) is 9.68. The number of aliphatic hydroxyl groups is 1. The number of carbonyl (C=O) groups is 1. The second-order valence-electron chi connectivity index (χ2n) is 4.78. The number of hydrogen-bond donors (Lipinski definition) is 2. The third kappa shape index (κ3) is 3.30. The van der Waals surface area contributed by atoms with Gasteiger partial charge in [0.1, 0.15) is 0 Å². The minimum Gasteiger partial charge on any atom is -0.391 e. The summed E-state index contributed by atoms with van der Waals surface area (Å²) in [5, 5.41) is 12.5. The Balaban J connectivity index is 1.82. The number of hydrogen-bond acceptors (Lipinski definition) is 2. The Bertz CT molecular complexity index is 373. The van der Waals surface area contributed by atoms with Crippen LogP contribution in [0.1, 0.15) is 31.2 Å². The number of rotatable bonds is 5. The summed E-state index contributed by atoms with van der Waals surface area (Å²) in [5.41, 5.74) is 1.01. The zero-order valence-electron chi connectivity index (χ0n) is 10.1. The van der Waals surface area contributed by atoms with Crippen LogP contribution in [-0.2, 0) is 4.79 Å². The maximum Gasteiger partial charge on any atom is 0.227 e. The monoisotopic (exact) mass is 233 g/mol. The third-order valence-corrected chi connectivity index (χ3v) is 3.34. The number of carbonyl (C=O) groups excluding carboxylic acids is 1. The molecule has 1 saturated carbocycles. The van der Waals surface area contributed by atoms with Crippen molar-refractivity contribution >= 4 is 5.91 Å². The molecular formula is C14H19NO2. The highest BCUT2D eigenvalue weighted by atomic mass is 16.3. The average molecular weight is 233 g/mol. The summed E-state index contributed by atoms with van der Waals surface area (Å²) in [6.45, 7) is 2.26. The molecule has 3 nitrogen and oxygen atoms in total. The van der Waals surface area contributed by atoms with Gasteiger partial charge in [-0.2, -0.15) is 0 Å². The molecule has 1 aromatic carbocycles. The van der Waals surface area contributed by atoms with E-state index in [9.17, 15) is 9.90 Å². The number of nitrogens with one attached hydrogen (secondary N) is 1. The van der Waals surface area contributed by atoms with E-state index in [0.717, 1.165) is 18.4 Å². The first kappa shape index (κ1) is 12.1. The van der Waals surface area contributed by atoms with Gasteiger partial charge in [0, 0.05) is 6.54 Å². The van der Waals surface area contributed by atoms with E-state index in [1.807, 2.05) is 37.3 Å². The predicted octanol–water partition coefficient (Wildman–Crippen LogP) is 1.68. The van der Waals surface area contributed by atoms with Crippen LogP contribution in [0.4, 0.5) is 0 Å². The molecule has 92 valence electrons. The lowest BCUT2D eigenvalue weighted by Gasteiger charge is -2.15. The van der Waals surface area contributed by atoms with Gasteiger partial charge in [-0.3, -0.25) is 4.79 Å². The topological polar surface area (TPSA) is 49.3 Å². The Morgan fingerprint density at radius 1 is 1.41 bits per heavy atom. The van der Waals surface area contributed by atoms with Gasteiger partial charge in [-0.25, -0.2) is 0 Å². The smallest absolute Gasteiger partial charge is 0.227 e. The van der Waals surface area contributed by atoms with Crippen LogP contribution >= 0.6 is 0 Å². The van der Waals surface area contributed by atoms with Gasteiger partial charge in [-0.05, 0) is 31.2 Å². The number of amides is 1. The van der Waals surface area contributed by atoms with Crippen LogP contribution < -0.4 is 5.32 Å². The van der Waals surface area contributed by atoms with Crippen molar-refractivity contribution in [1.82, 2.24) is 5.32 Å². The van der Waals surface area contributed by atoms with Crippen LogP contribution in [-0.4, -0.2) is 23.7 Å². The zero-order chi connectivity index (χ0) is 12.3. The van der Waals surface area contributed by atoms with Gasteiger partial charge in [0.05, 0.1) is 12.0 Å². The summed E-state index contributed by atoms with van der Waals surface area (Å²) in [4.78, 5) is 11.9. The lowest BCUT2D eigenvalue weighted by molar-refractivity contribution is -0.122.